The summed E-state index contributed by atoms with van der Waals surface area (Å²) in [6, 6.07) is 5.54. The molecule has 2 aromatic heterocycles. The smallest absolute Gasteiger partial charge is 0.345 e. The summed E-state index contributed by atoms with van der Waals surface area (Å²) >= 11 is 0. The van der Waals surface area contributed by atoms with Gasteiger partial charge in [-0.2, -0.15) is 23.2 Å². The number of nitriles is 1. The van der Waals surface area contributed by atoms with Gasteiger partial charge >= 0.3 is 6.18 Å². The molecule has 0 spiro atoms. The molecule has 0 aliphatic heterocycles. The Morgan fingerprint density at radius 1 is 1.36 bits per heavy atom. The average Bonchev–Trinajstić information content (AvgIpc) is 3.27. The Labute approximate surface area is 158 Å². The molecule has 0 aromatic carbocycles. The van der Waals surface area contributed by atoms with Gasteiger partial charge in [0.15, 0.2) is 0 Å². The summed E-state index contributed by atoms with van der Waals surface area (Å²) in [5.41, 5.74) is -2.21. The van der Waals surface area contributed by atoms with Gasteiger partial charge in [0.1, 0.15) is 27.9 Å². The van der Waals surface area contributed by atoms with Crippen molar-refractivity contribution in [2.24, 2.45) is 7.05 Å². The molecule has 1 saturated carbocycles. The van der Waals surface area contributed by atoms with Crippen LogP contribution in [0.4, 0.5) is 18.9 Å². The van der Waals surface area contributed by atoms with Crippen LogP contribution in [0.15, 0.2) is 35.5 Å². The van der Waals surface area contributed by atoms with Crippen LogP contribution >= 0.6 is 0 Å². The highest BCUT2D eigenvalue weighted by Crippen LogP contribution is 2.49. The molecular formula is C16H14F3N5O3S. The van der Waals surface area contributed by atoms with E-state index in [0.29, 0.717) is 0 Å². The third-order valence-corrected chi connectivity index (χ3v) is 5.78. The van der Waals surface area contributed by atoms with Crippen LogP contribution in [-0.2, 0) is 17.1 Å². The molecule has 148 valence electrons. The second kappa shape index (κ2) is 6.61. The Bertz CT molecular complexity index is 1080. The van der Waals surface area contributed by atoms with Crippen LogP contribution in [-0.4, -0.2) is 35.6 Å². The van der Waals surface area contributed by atoms with E-state index in [1.165, 1.54) is 29.9 Å². The number of hydrogen-bond acceptors (Lipinski definition) is 5. The number of nitrogens with one attached hydrogen (secondary N) is 2. The maximum Gasteiger partial charge on any atom is 0.407 e. The fourth-order valence-corrected chi connectivity index (χ4v) is 4.07. The van der Waals surface area contributed by atoms with E-state index in [1.54, 1.807) is 4.72 Å². The maximum absolute atomic E-state index is 13.0. The lowest BCUT2D eigenvalue weighted by molar-refractivity contribution is -0.160. The van der Waals surface area contributed by atoms with Gasteiger partial charge < -0.3 is 9.88 Å². The molecule has 2 N–H and O–H groups in total. The Kier molecular flexibility index (Phi) is 4.68. The standard InChI is InChI=1S/C16H14F3N5O3S/c1-24-9-12(28(26,27)23-15(3-4-15)16(17,18)19)7-13(24)14(25)22-10-2-5-21-11(6-10)8-20/h2,5-7,9,23H,3-4H2,1H3,(H,21,22,25). The Morgan fingerprint density at radius 2 is 2.04 bits per heavy atom. The van der Waals surface area contributed by atoms with Crippen LogP contribution in [0.3, 0.4) is 0 Å². The normalized spacial score (nSPS) is 15.7. The van der Waals surface area contributed by atoms with E-state index in [4.69, 9.17) is 5.26 Å². The first kappa shape index (κ1) is 19.8. The Hall–Kier alpha value is -2.91. The quantitative estimate of drug-likeness (QED) is 0.777. The van der Waals surface area contributed by atoms with Crippen molar-refractivity contribution >= 4 is 21.6 Å². The number of alkyl halides is 3. The van der Waals surface area contributed by atoms with E-state index in [1.807, 2.05) is 6.07 Å². The van der Waals surface area contributed by atoms with E-state index >= 15 is 0 Å². The second-order valence-corrected chi connectivity index (χ2v) is 8.04. The van der Waals surface area contributed by atoms with Crippen molar-refractivity contribution in [2.45, 2.75) is 29.5 Å². The van der Waals surface area contributed by atoms with Gasteiger partial charge in [0.05, 0.1) is 0 Å². The highest BCUT2D eigenvalue weighted by atomic mass is 32.2. The van der Waals surface area contributed by atoms with Crippen LogP contribution in [0, 0.1) is 11.3 Å². The van der Waals surface area contributed by atoms with E-state index < -0.39 is 32.5 Å². The highest BCUT2D eigenvalue weighted by molar-refractivity contribution is 7.89. The van der Waals surface area contributed by atoms with Crippen molar-refractivity contribution in [3.63, 3.8) is 0 Å². The van der Waals surface area contributed by atoms with Crippen LogP contribution < -0.4 is 10.0 Å². The minimum atomic E-state index is -4.70. The van der Waals surface area contributed by atoms with Gasteiger partial charge in [-0.25, -0.2) is 13.4 Å². The van der Waals surface area contributed by atoms with E-state index in [9.17, 15) is 26.4 Å². The molecule has 0 radical (unpaired) electrons. The first-order valence-corrected chi connectivity index (χ1v) is 9.40. The van der Waals surface area contributed by atoms with Gasteiger partial charge in [-0.1, -0.05) is 0 Å². The lowest BCUT2D eigenvalue weighted by Crippen LogP contribution is -2.47. The fraction of sp³-hybridized carbons (Fsp3) is 0.312. The largest absolute Gasteiger partial charge is 0.407 e. The molecule has 0 atom stereocenters. The Balaban J connectivity index is 1.82. The monoisotopic (exact) mass is 413 g/mol. The van der Waals surface area contributed by atoms with Crippen molar-refractivity contribution in [1.82, 2.24) is 14.3 Å². The van der Waals surface area contributed by atoms with Gasteiger partial charge in [-0.3, -0.25) is 4.79 Å². The number of sulfonamides is 1. The number of hydrogen-bond donors (Lipinski definition) is 2. The molecule has 12 heteroatoms. The number of anilines is 1. The van der Waals surface area contributed by atoms with Crippen molar-refractivity contribution < 1.29 is 26.4 Å². The number of rotatable bonds is 5. The van der Waals surface area contributed by atoms with Crippen LogP contribution in [0.1, 0.15) is 29.0 Å². The zero-order valence-corrected chi connectivity index (χ0v) is 15.2. The maximum atomic E-state index is 13.0. The Morgan fingerprint density at radius 3 is 2.61 bits per heavy atom. The average molecular weight is 413 g/mol. The molecule has 0 unspecified atom stereocenters. The summed E-state index contributed by atoms with van der Waals surface area (Å²) in [6.07, 6.45) is -3.00. The number of halogens is 3. The first-order valence-electron chi connectivity index (χ1n) is 7.92. The summed E-state index contributed by atoms with van der Waals surface area (Å²) < 4.78 is 66.7. The highest BCUT2D eigenvalue weighted by Gasteiger charge is 2.65. The summed E-state index contributed by atoms with van der Waals surface area (Å²) in [5, 5.41) is 11.3. The van der Waals surface area contributed by atoms with Gasteiger partial charge in [-0.05, 0) is 31.0 Å². The van der Waals surface area contributed by atoms with Crippen LogP contribution in [0.5, 0.6) is 0 Å². The van der Waals surface area contributed by atoms with Crippen molar-refractivity contribution in [2.75, 3.05) is 5.32 Å². The number of carbonyl (C=O) groups excluding carboxylic acids is 1. The van der Waals surface area contributed by atoms with Gasteiger partial charge in [0, 0.05) is 25.1 Å². The molecular weight excluding hydrogens is 399 g/mol. The topological polar surface area (TPSA) is 117 Å². The van der Waals surface area contributed by atoms with Gasteiger partial charge in [0.2, 0.25) is 10.0 Å². The van der Waals surface area contributed by atoms with Gasteiger partial charge in [0.25, 0.3) is 5.91 Å². The zero-order valence-electron chi connectivity index (χ0n) is 14.4. The summed E-state index contributed by atoms with van der Waals surface area (Å²) in [5.74, 6) is -0.698. The SMILES string of the molecule is Cn1cc(S(=O)(=O)NC2(C(F)(F)F)CC2)cc1C(=O)Nc1ccnc(C#N)c1. The van der Waals surface area contributed by atoms with E-state index in [0.717, 1.165) is 12.3 Å². The third-order valence-electron chi connectivity index (χ3n) is 4.28. The lowest BCUT2D eigenvalue weighted by atomic mass is 10.3. The molecule has 28 heavy (non-hydrogen) atoms. The predicted octanol–water partition coefficient (Wildman–Crippen LogP) is 1.92. The summed E-state index contributed by atoms with van der Waals surface area (Å²) in [6.45, 7) is 0. The molecule has 3 rings (SSSR count). The molecule has 1 aliphatic carbocycles. The molecule has 0 bridgehead atoms. The number of nitrogens with zero attached hydrogens (tertiary/aromatic N) is 3. The van der Waals surface area contributed by atoms with E-state index in [-0.39, 0.29) is 29.9 Å². The summed E-state index contributed by atoms with van der Waals surface area (Å²) in [4.78, 5) is 15.7. The van der Waals surface area contributed by atoms with Crippen LogP contribution in [0.2, 0.25) is 0 Å². The first-order chi connectivity index (χ1) is 13.0. The van der Waals surface area contributed by atoms with Crippen molar-refractivity contribution in [3.8, 4) is 6.07 Å². The molecule has 2 heterocycles. The predicted molar refractivity (Wildman–Crippen MR) is 90.7 cm³/mol. The van der Waals surface area contributed by atoms with Crippen LogP contribution in [0.25, 0.3) is 0 Å². The molecule has 1 fully saturated rings. The number of amides is 1. The number of pyridine rings is 1. The molecule has 2 aromatic rings. The van der Waals surface area contributed by atoms with E-state index in [2.05, 4.69) is 10.3 Å². The second-order valence-electron chi connectivity index (χ2n) is 6.35. The minimum Gasteiger partial charge on any atom is -0.345 e. The fourth-order valence-electron chi connectivity index (χ4n) is 2.56. The minimum absolute atomic E-state index is 0.0685. The number of aryl methyl sites for hydroxylation is 1. The molecule has 8 nitrogen and oxygen atoms in total. The number of carbonyl (C=O) groups is 1. The molecule has 0 saturated heterocycles. The third kappa shape index (κ3) is 3.71. The zero-order chi connectivity index (χ0) is 20.7. The lowest BCUT2D eigenvalue weighted by Gasteiger charge is -2.20. The molecule has 1 aliphatic rings. The van der Waals surface area contributed by atoms with Crippen molar-refractivity contribution in [1.29, 1.82) is 5.26 Å². The van der Waals surface area contributed by atoms with Gasteiger partial charge in [-0.15, -0.1) is 0 Å². The van der Waals surface area contributed by atoms with Crippen molar-refractivity contribution in [3.05, 3.63) is 42.0 Å². The summed E-state index contributed by atoms with van der Waals surface area (Å²) in [7, 11) is -3.09. The molecule has 1 amide bonds. The number of aromatic nitrogens is 2.